The van der Waals surface area contributed by atoms with E-state index in [-0.39, 0.29) is 23.7 Å². The predicted octanol–water partition coefficient (Wildman–Crippen LogP) is 2.51. The first-order chi connectivity index (χ1) is 12.5. The molecule has 0 unspecified atom stereocenters. The summed E-state index contributed by atoms with van der Waals surface area (Å²) >= 11 is 0. The Hall–Kier alpha value is -2.67. The van der Waals surface area contributed by atoms with Gasteiger partial charge in [-0.25, -0.2) is 9.37 Å². The van der Waals surface area contributed by atoms with Crippen LogP contribution in [0.25, 0.3) is 0 Å². The molecule has 1 aromatic carbocycles. The van der Waals surface area contributed by atoms with Crippen molar-refractivity contribution >= 4 is 11.7 Å². The van der Waals surface area contributed by atoms with Crippen molar-refractivity contribution in [3.63, 3.8) is 0 Å². The summed E-state index contributed by atoms with van der Waals surface area (Å²) in [5.41, 5.74) is 1.11. The maximum absolute atomic E-state index is 14.1. The minimum Gasteiger partial charge on any atom is -0.494 e. The maximum Gasteiger partial charge on any atom is 0.251 e. The van der Waals surface area contributed by atoms with Crippen molar-refractivity contribution in [3.8, 4) is 5.75 Å². The van der Waals surface area contributed by atoms with Crippen LogP contribution in [0.5, 0.6) is 5.75 Å². The molecule has 1 aromatic heterocycles. The lowest BCUT2D eigenvalue weighted by atomic mass is 9.75. The predicted molar refractivity (Wildman–Crippen MR) is 95.7 cm³/mol. The maximum atomic E-state index is 14.1. The molecule has 0 spiro atoms. The van der Waals surface area contributed by atoms with E-state index < -0.39 is 11.9 Å². The number of amides is 1. The number of hydrogen-bond acceptors (Lipinski definition) is 5. The fourth-order valence-electron chi connectivity index (χ4n) is 3.18. The topological polar surface area (TPSA) is 83.5 Å². The Morgan fingerprint density at radius 2 is 2.12 bits per heavy atom. The van der Waals surface area contributed by atoms with Gasteiger partial charge in [0.25, 0.3) is 5.91 Å². The van der Waals surface area contributed by atoms with Crippen molar-refractivity contribution in [1.29, 1.82) is 0 Å². The summed E-state index contributed by atoms with van der Waals surface area (Å²) in [5.74, 6) is 0.0356. The number of nitrogens with zero attached hydrogens (tertiary/aromatic N) is 1. The van der Waals surface area contributed by atoms with Crippen LogP contribution in [-0.2, 0) is 0 Å². The van der Waals surface area contributed by atoms with Crippen LogP contribution in [-0.4, -0.2) is 36.3 Å². The highest BCUT2D eigenvalue weighted by molar-refractivity contribution is 5.95. The third kappa shape index (κ3) is 3.77. The van der Waals surface area contributed by atoms with Crippen LogP contribution in [0.1, 0.15) is 34.8 Å². The zero-order chi connectivity index (χ0) is 18.7. The monoisotopic (exact) mass is 359 g/mol. The molecule has 7 heteroatoms. The van der Waals surface area contributed by atoms with Gasteiger partial charge in [-0.15, -0.1) is 0 Å². The average molecular weight is 359 g/mol. The number of benzene rings is 1. The number of methoxy groups -OCH3 is 1. The Balaban J connectivity index is 1.84. The van der Waals surface area contributed by atoms with Crippen molar-refractivity contribution < 1.29 is 19.0 Å². The number of aromatic nitrogens is 1. The summed E-state index contributed by atoms with van der Waals surface area (Å²) < 4.78 is 19.1. The number of rotatable bonds is 6. The van der Waals surface area contributed by atoms with E-state index in [1.807, 2.05) is 0 Å². The number of anilines is 1. The van der Waals surface area contributed by atoms with Gasteiger partial charge in [0.1, 0.15) is 5.82 Å². The molecule has 0 saturated heterocycles. The van der Waals surface area contributed by atoms with Crippen molar-refractivity contribution in [1.82, 2.24) is 10.3 Å². The van der Waals surface area contributed by atoms with Crippen molar-refractivity contribution in [2.24, 2.45) is 5.92 Å². The average Bonchev–Trinajstić information content (AvgIpc) is 2.63. The van der Waals surface area contributed by atoms with Crippen molar-refractivity contribution in [2.45, 2.75) is 25.0 Å². The van der Waals surface area contributed by atoms with Crippen LogP contribution in [0.3, 0.4) is 0 Å². The van der Waals surface area contributed by atoms with Gasteiger partial charge in [-0.1, -0.05) is 6.07 Å². The van der Waals surface area contributed by atoms with Gasteiger partial charge in [-0.2, -0.15) is 0 Å². The number of ether oxygens (including phenoxy) is 1. The lowest BCUT2D eigenvalue weighted by Crippen LogP contribution is -2.41. The van der Waals surface area contributed by atoms with Gasteiger partial charge in [-0.3, -0.25) is 4.79 Å². The SMILES string of the molecule is CNc1cc(C(=O)N[C@H](c2ccc(OC)c(F)c2)C2CC(O)C2)ccn1. The van der Waals surface area contributed by atoms with E-state index in [0.29, 0.717) is 29.8 Å². The highest BCUT2D eigenvalue weighted by Gasteiger charge is 2.36. The molecule has 1 aliphatic carbocycles. The summed E-state index contributed by atoms with van der Waals surface area (Å²) in [6.45, 7) is 0. The molecule has 1 heterocycles. The van der Waals surface area contributed by atoms with Crippen molar-refractivity contribution in [2.75, 3.05) is 19.5 Å². The van der Waals surface area contributed by atoms with Crippen LogP contribution in [0.15, 0.2) is 36.5 Å². The molecule has 26 heavy (non-hydrogen) atoms. The molecule has 3 N–H and O–H groups in total. The van der Waals surface area contributed by atoms with Gasteiger partial charge in [0, 0.05) is 18.8 Å². The zero-order valence-corrected chi connectivity index (χ0v) is 14.7. The molecule has 1 aliphatic rings. The fourth-order valence-corrected chi connectivity index (χ4v) is 3.18. The molecular weight excluding hydrogens is 337 g/mol. The quantitative estimate of drug-likeness (QED) is 0.738. The van der Waals surface area contributed by atoms with Gasteiger partial charge in [0.15, 0.2) is 11.6 Å². The summed E-state index contributed by atoms with van der Waals surface area (Å²) in [7, 11) is 3.13. The zero-order valence-electron chi connectivity index (χ0n) is 14.7. The highest BCUT2D eigenvalue weighted by Crippen LogP contribution is 2.39. The Bertz CT molecular complexity index is 793. The Labute approximate surface area is 151 Å². The third-order valence-electron chi connectivity index (χ3n) is 4.72. The number of pyridine rings is 1. The number of carbonyl (C=O) groups excluding carboxylic acids is 1. The second-order valence-electron chi connectivity index (χ2n) is 6.41. The first-order valence-electron chi connectivity index (χ1n) is 8.48. The first-order valence-corrected chi connectivity index (χ1v) is 8.48. The van der Waals surface area contributed by atoms with Gasteiger partial charge in [-0.05, 0) is 48.6 Å². The van der Waals surface area contributed by atoms with E-state index in [9.17, 15) is 14.3 Å². The lowest BCUT2D eigenvalue weighted by molar-refractivity contribution is 0.0235. The second kappa shape index (κ2) is 7.70. The van der Waals surface area contributed by atoms with E-state index in [1.54, 1.807) is 37.5 Å². The number of hydrogen-bond donors (Lipinski definition) is 3. The third-order valence-corrected chi connectivity index (χ3v) is 4.72. The number of nitrogens with one attached hydrogen (secondary N) is 2. The first kappa shape index (κ1) is 18.1. The van der Waals surface area contributed by atoms with Crippen molar-refractivity contribution in [3.05, 3.63) is 53.5 Å². The van der Waals surface area contributed by atoms with Crippen LogP contribution < -0.4 is 15.4 Å². The van der Waals surface area contributed by atoms with Gasteiger partial charge in [0.05, 0.1) is 19.3 Å². The molecule has 0 radical (unpaired) electrons. The Kier molecular flexibility index (Phi) is 5.37. The van der Waals surface area contributed by atoms with E-state index in [4.69, 9.17) is 4.74 Å². The van der Waals surface area contributed by atoms with E-state index >= 15 is 0 Å². The molecule has 6 nitrogen and oxygen atoms in total. The molecule has 3 rings (SSSR count). The molecular formula is C19H22FN3O3. The van der Waals surface area contributed by atoms with E-state index in [0.717, 1.165) is 0 Å². The summed E-state index contributed by atoms with van der Waals surface area (Å²) in [6, 6.07) is 7.54. The number of aliphatic hydroxyl groups excluding tert-OH is 1. The van der Waals surface area contributed by atoms with Gasteiger partial charge in [0.2, 0.25) is 0 Å². The van der Waals surface area contributed by atoms with Crippen LogP contribution in [0, 0.1) is 11.7 Å². The standard InChI is InChI=1S/C19H22FN3O3/c1-21-17-10-12(5-6-22-17)19(25)23-18(13-7-14(24)8-13)11-3-4-16(26-2)15(20)9-11/h3-6,9-10,13-14,18,24H,7-8H2,1-2H3,(H,21,22)(H,23,25)/t13?,14?,18-/m1/s1. The van der Waals surface area contributed by atoms with Crippen LogP contribution in [0.4, 0.5) is 10.2 Å². The van der Waals surface area contributed by atoms with Gasteiger partial charge >= 0.3 is 0 Å². The summed E-state index contributed by atoms with van der Waals surface area (Å²) in [4.78, 5) is 16.8. The number of aliphatic hydroxyl groups is 1. The molecule has 0 bridgehead atoms. The number of carbonyl (C=O) groups is 1. The molecule has 0 aliphatic heterocycles. The summed E-state index contributed by atoms with van der Waals surface area (Å²) in [5, 5.41) is 15.5. The van der Waals surface area contributed by atoms with E-state index in [1.165, 1.54) is 13.2 Å². The van der Waals surface area contributed by atoms with Crippen LogP contribution in [0.2, 0.25) is 0 Å². The minimum atomic E-state index is -0.481. The highest BCUT2D eigenvalue weighted by atomic mass is 19.1. The lowest BCUT2D eigenvalue weighted by Gasteiger charge is -2.38. The molecule has 1 atom stereocenters. The normalized spacial score (nSPS) is 20.0. The van der Waals surface area contributed by atoms with E-state index in [2.05, 4.69) is 15.6 Å². The largest absolute Gasteiger partial charge is 0.494 e. The molecule has 1 fully saturated rings. The van der Waals surface area contributed by atoms with Gasteiger partial charge < -0.3 is 20.5 Å². The molecule has 2 aromatic rings. The Morgan fingerprint density at radius 3 is 2.73 bits per heavy atom. The molecule has 1 amide bonds. The molecule has 138 valence electrons. The summed E-state index contributed by atoms with van der Waals surface area (Å²) in [6.07, 6.45) is 2.31. The smallest absolute Gasteiger partial charge is 0.251 e. The number of halogens is 1. The molecule has 1 saturated carbocycles. The van der Waals surface area contributed by atoms with Crippen LogP contribution >= 0.6 is 0 Å². The fraction of sp³-hybridized carbons (Fsp3) is 0.368. The Morgan fingerprint density at radius 1 is 1.35 bits per heavy atom. The minimum absolute atomic E-state index is 0.0485. The second-order valence-corrected chi connectivity index (χ2v) is 6.41.